The van der Waals surface area contributed by atoms with Gasteiger partial charge < -0.3 is 16.0 Å². The van der Waals surface area contributed by atoms with E-state index in [0.29, 0.717) is 27.8 Å². The van der Waals surface area contributed by atoms with Gasteiger partial charge in [0.25, 0.3) is 5.91 Å². The monoisotopic (exact) mass is 474 g/mol. The first-order chi connectivity index (χ1) is 17.6. The number of benzene rings is 3. The average Bonchev–Trinajstić information content (AvgIpc) is 2.90. The number of pyridine rings is 2. The SMILES string of the molecule is N#Cc1ccc2nccc(Nc3ccc(C(=O)Nc4cccc(Nc5ccncc5)c4)cc3F)c2c1. The summed E-state index contributed by atoms with van der Waals surface area (Å²) in [5.41, 5.74) is 4.35. The number of rotatable bonds is 6. The molecule has 5 aromatic rings. The van der Waals surface area contributed by atoms with Crippen molar-refractivity contribution in [2.24, 2.45) is 0 Å². The van der Waals surface area contributed by atoms with Crippen LogP contribution in [-0.2, 0) is 0 Å². The van der Waals surface area contributed by atoms with Crippen molar-refractivity contribution in [3.8, 4) is 6.07 Å². The molecule has 7 nitrogen and oxygen atoms in total. The average molecular weight is 474 g/mol. The zero-order valence-corrected chi connectivity index (χ0v) is 18.9. The molecule has 0 saturated heterocycles. The van der Waals surface area contributed by atoms with Crippen LogP contribution in [0.25, 0.3) is 10.9 Å². The van der Waals surface area contributed by atoms with Gasteiger partial charge in [0.1, 0.15) is 5.82 Å². The second-order valence-corrected chi connectivity index (χ2v) is 7.92. The summed E-state index contributed by atoms with van der Waals surface area (Å²) in [7, 11) is 0. The normalized spacial score (nSPS) is 10.4. The van der Waals surface area contributed by atoms with Crippen LogP contribution in [0.1, 0.15) is 15.9 Å². The molecule has 0 aliphatic rings. The molecule has 0 unspecified atom stereocenters. The van der Waals surface area contributed by atoms with Crippen molar-refractivity contribution < 1.29 is 9.18 Å². The van der Waals surface area contributed by atoms with Gasteiger partial charge in [-0.25, -0.2) is 4.39 Å². The molecule has 3 N–H and O–H groups in total. The Hall–Kier alpha value is -5.29. The van der Waals surface area contributed by atoms with Crippen LogP contribution >= 0.6 is 0 Å². The molecule has 5 rings (SSSR count). The molecule has 0 aliphatic heterocycles. The van der Waals surface area contributed by atoms with Gasteiger partial charge in [-0.1, -0.05) is 6.07 Å². The fourth-order valence-corrected chi connectivity index (χ4v) is 3.71. The highest BCUT2D eigenvalue weighted by Crippen LogP contribution is 2.28. The minimum atomic E-state index is -0.586. The van der Waals surface area contributed by atoms with Gasteiger partial charge in [0, 0.05) is 52.3 Å². The summed E-state index contributed by atoms with van der Waals surface area (Å²) in [5.74, 6) is -1.02. The van der Waals surface area contributed by atoms with Gasteiger partial charge in [-0.15, -0.1) is 0 Å². The number of nitrogens with one attached hydrogen (secondary N) is 3. The Labute approximate surface area is 206 Å². The van der Waals surface area contributed by atoms with Crippen molar-refractivity contribution in [3.05, 3.63) is 114 Å². The Kier molecular flexibility index (Phi) is 6.19. The molecular formula is C28H19FN6O. The molecule has 174 valence electrons. The predicted molar refractivity (Wildman–Crippen MR) is 138 cm³/mol. The Balaban J connectivity index is 1.32. The van der Waals surface area contributed by atoms with Crippen LogP contribution in [0.3, 0.4) is 0 Å². The summed E-state index contributed by atoms with van der Waals surface area (Å²) in [5, 5.41) is 19.0. The lowest BCUT2D eigenvalue weighted by atomic mass is 10.1. The molecule has 2 heterocycles. The number of halogens is 1. The number of hydrogen-bond acceptors (Lipinski definition) is 6. The van der Waals surface area contributed by atoms with Crippen molar-refractivity contribution in [1.29, 1.82) is 5.26 Å². The maximum atomic E-state index is 15.0. The molecule has 8 heteroatoms. The number of anilines is 5. The molecule has 0 bridgehead atoms. The maximum absolute atomic E-state index is 15.0. The molecule has 0 saturated carbocycles. The molecule has 0 spiro atoms. The van der Waals surface area contributed by atoms with E-state index in [4.69, 9.17) is 0 Å². The van der Waals surface area contributed by atoms with E-state index < -0.39 is 11.7 Å². The summed E-state index contributed by atoms with van der Waals surface area (Å²) < 4.78 is 15.0. The molecule has 0 aliphatic carbocycles. The third-order valence-corrected chi connectivity index (χ3v) is 5.46. The minimum Gasteiger partial charge on any atom is -0.355 e. The molecule has 0 radical (unpaired) electrons. The lowest BCUT2D eigenvalue weighted by Crippen LogP contribution is -2.12. The summed E-state index contributed by atoms with van der Waals surface area (Å²) >= 11 is 0. The summed E-state index contributed by atoms with van der Waals surface area (Å²) in [4.78, 5) is 21.1. The predicted octanol–water partition coefficient (Wildman–Crippen LogP) is 6.38. The smallest absolute Gasteiger partial charge is 0.255 e. The van der Waals surface area contributed by atoms with Crippen LogP contribution in [0.15, 0.2) is 97.5 Å². The van der Waals surface area contributed by atoms with E-state index >= 15 is 0 Å². The largest absolute Gasteiger partial charge is 0.355 e. The van der Waals surface area contributed by atoms with Crippen molar-refractivity contribution in [2.75, 3.05) is 16.0 Å². The molecular weight excluding hydrogens is 455 g/mol. The lowest BCUT2D eigenvalue weighted by Gasteiger charge is -2.12. The molecule has 0 atom stereocenters. The number of carbonyl (C=O) groups excluding carboxylic acids is 1. The quantitative estimate of drug-likeness (QED) is 0.264. The van der Waals surface area contributed by atoms with Crippen LogP contribution in [0.2, 0.25) is 0 Å². The number of hydrogen-bond donors (Lipinski definition) is 3. The van der Waals surface area contributed by atoms with Crippen molar-refractivity contribution in [2.45, 2.75) is 0 Å². The topological polar surface area (TPSA) is 103 Å². The van der Waals surface area contributed by atoms with Gasteiger partial charge in [-0.2, -0.15) is 5.26 Å². The Morgan fingerprint density at radius 3 is 2.44 bits per heavy atom. The number of nitrogens with zero attached hydrogens (tertiary/aromatic N) is 3. The van der Waals surface area contributed by atoms with E-state index in [9.17, 15) is 14.4 Å². The van der Waals surface area contributed by atoms with Gasteiger partial charge in [0.05, 0.1) is 22.8 Å². The van der Waals surface area contributed by atoms with Gasteiger partial charge >= 0.3 is 0 Å². The molecule has 3 aromatic carbocycles. The highest BCUT2D eigenvalue weighted by molar-refractivity contribution is 6.05. The van der Waals surface area contributed by atoms with Crippen LogP contribution in [0.4, 0.5) is 32.8 Å². The van der Waals surface area contributed by atoms with E-state index in [1.807, 2.05) is 24.3 Å². The van der Waals surface area contributed by atoms with Crippen LogP contribution < -0.4 is 16.0 Å². The van der Waals surface area contributed by atoms with Crippen LogP contribution in [0, 0.1) is 17.1 Å². The first kappa shape index (κ1) is 22.5. The number of amides is 1. The van der Waals surface area contributed by atoms with Crippen LogP contribution in [0.5, 0.6) is 0 Å². The van der Waals surface area contributed by atoms with E-state index in [0.717, 1.165) is 11.4 Å². The van der Waals surface area contributed by atoms with E-state index in [1.54, 1.807) is 61.1 Å². The standard InChI is InChI=1S/C28H19FN6O/c29-24-15-19(28(36)34-22-3-1-2-21(16-22)33-20-8-11-31-12-9-20)5-7-27(24)35-26-10-13-32-25-6-4-18(17-30)14-23(25)26/h1-16H,(H,31,33)(H,32,35)(H,34,36). The Bertz CT molecular complexity index is 1610. The summed E-state index contributed by atoms with van der Waals surface area (Å²) in [6, 6.07) is 24.0. The second kappa shape index (κ2) is 9.91. The van der Waals surface area contributed by atoms with Gasteiger partial charge in [0.2, 0.25) is 0 Å². The van der Waals surface area contributed by atoms with Gasteiger partial charge in [0.15, 0.2) is 0 Å². The number of aromatic nitrogens is 2. The second-order valence-electron chi connectivity index (χ2n) is 7.92. The van der Waals surface area contributed by atoms with Gasteiger partial charge in [-0.3, -0.25) is 14.8 Å². The molecule has 1 amide bonds. The summed E-state index contributed by atoms with van der Waals surface area (Å²) in [6.45, 7) is 0. The maximum Gasteiger partial charge on any atom is 0.255 e. The first-order valence-corrected chi connectivity index (χ1v) is 11.0. The number of nitriles is 1. The summed E-state index contributed by atoms with van der Waals surface area (Å²) in [6.07, 6.45) is 4.97. The van der Waals surface area contributed by atoms with Crippen LogP contribution in [-0.4, -0.2) is 15.9 Å². The fraction of sp³-hybridized carbons (Fsp3) is 0. The van der Waals surface area contributed by atoms with Gasteiger partial charge in [-0.05, 0) is 72.8 Å². The highest BCUT2D eigenvalue weighted by atomic mass is 19.1. The van der Waals surface area contributed by atoms with Crippen molar-refractivity contribution in [3.63, 3.8) is 0 Å². The zero-order valence-electron chi connectivity index (χ0n) is 18.9. The lowest BCUT2D eigenvalue weighted by molar-refractivity contribution is 0.102. The Morgan fingerprint density at radius 1 is 0.806 bits per heavy atom. The Morgan fingerprint density at radius 2 is 1.64 bits per heavy atom. The van der Waals surface area contributed by atoms with Crippen molar-refractivity contribution >= 4 is 45.2 Å². The van der Waals surface area contributed by atoms with Crippen molar-refractivity contribution in [1.82, 2.24) is 9.97 Å². The minimum absolute atomic E-state index is 0.178. The third-order valence-electron chi connectivity index (χ3n) is 5.46. The molecule has 36 heavy (non-hydrogen) atoms. The molecule has 2 aromatic heterocycles. The highest BCUT2D eigenvalue weighted by Gasteiger charge is 2.12. The zero-order chi connectivity index (χ0) is 24.9. The fourth-order valence-electron chi connectivity index (χ4n) is 3.71. The molecule has 0 fully saturated rings. The number of carbonyl (C=O) groups is 1. The first-order valence-electron chi connectivity index (χ1n) is 11.0. The van der Waals surface area contributed by atoms with E-state index in [2.05, 4.69) is 32.0 Å². The third kappa shape index (κ3) is 4.95. The van der Waals surface area contributed by atoms with E-state index in [1.165, 1.54) is 12.1 Å². The van der Waals surface area contributed by atoms with E-state index in [-0.39, 0.29) is 11.3 Å². The number of fused-ring (bicyclic) bond motifs is 1.